The molecule has 2 aliphatic heterocycles. The van der Waals surface area contributed by atoms with E-state index in [2.05, 4.69) is 40.7 Å². The van der Waals surface area contributed by atoms with Crippen molar-refractivity contribution >= 4 is 12.0 Å². The Hall–Kier alpha value is -4.54. The summed E-state index contributed by atoms with van der Waals surface area (Å²) < 4.78 is 19.3. The van der Waals surface area contributed by atoms with Crippen LogP contribution in [0, 0.1) is 5.92 Å². The number of esters is 1. The van der Waals surface area contributed by atoms with E-state index < -0.39 is 11.9 Å². The minimum Gasteiger partial charge on any atom is -0.459 e. The number of ether oxygens (including phenoxy) is 3. The quantitative estimate of drug-likeness (QED) is 0.139. The number of carbonyl (C=O) groups excluding carboxylic acids is 2. The van der Waals surface area contributed by atoms with Crippen molar-refractivity contribution in [2.24, 2.45) is 5.92 Å². The molecule has 2 fully saturated rings. The predicted molar refractivity (Wildman–Crippen MR) is 201 cm³/mol. The van der Waals surface area contributed by atoms with Crippen LogP contribution >= 0.6 is 0 Å². The third kappa shape index (κ3) is 9.46. The van der Waals surface area contributed by atoms with Crippen molar-refractivity contribution in [2.75, 3.05) is 13.1 Å². The average Bonchev–Trinajstić information content (AvgIpc) is 3.62. The van der Waals surface area contributed by atoms with E-state index in [4.69, 9.17) is 14.2 Å². The number of aliphatic hydroxyl groups excluding tert-OH is 1. The van der Waals surface area contributed by atoms with Crippen molar-refractivity contribution < 1.29 is 28.9 Å². The molecule has 52 heavy (non-hydrogen) atoms. The number of carbonyl (C=O) groups is 2. The Labute approximate surface area is 307 Å². The van der Waals surface area contributed by atoms with Crippen LogP contribution in [0.4, 0.5) is 4.79 Å². The molecule has 3 N–H and O–H groups in total. The molecule has 0 aromatic heterocycles. The van der Waals surface area contributed by atoms with Crippen LogP contribution in [-0.2, 0) is 38.7 Å². The molecule has 0 saturated carbocycles. The van der Waals surface area contributed by atoms with Gasteiger partial charge in [-0.1, -0.05) is 110 Å². The van der Waals surface area contributed by atoms with Gasteiger partial charge in [0.2, 0.25) is 0 Å². The number of aliphatic hydroxyl groups is 1. The van der Waals surface area contributed by atoms with Gasteiger partial charge in [0.1, 0.15) is 11.6 Å². The summed E-state index contributed by atoms with van der Waals surface area (Å²) in [7, 11) is 0. The molecular weight excluding hydrogens is 654 g/mol. The molecule has 0 unspecified atom stereocenters. The van der Waals surface area contributed by atoms with Crippen LogP contribution in [0.5, 0.6) is 0 Å². The van der Waals surface area contributed by atoms with Gasteiger partial charge in [0.05, 0.1) is 18.8 Å². The van der Waals surface area contributed by atoms with Gasteiger partial charge in [0.25, 0.3) is 0 Å². The van der Waals surface area contributed by atoms with E-state index in [1.54, 1.807) is 0 Å². The first-order chi connectivity index (χ1) is 25.1. The molecule has 0 aliphatic carbocycles. The largest absolute Gasteiger partial charge is 0.459 e. The fraction of sp³-hybridized carbons (Fsp3) is 0.395. The molecule has 4 aromatic rings. The Kier molecular flexibility index (Phi) is 12.1. The molecule has 274 valence electrons. The third-order valence-electron chi connectivity index (χ3n) is 9.83. The zero-order chi connectivity index (χ0) is 36.7. The Morgan fingerprint density at radius 1 is 0.827 bits per heavy atom. The van der Waals surface area contributed by atoms with Gasteiger partial charge in [-0.05, 0) is 73.5 Å². The van der Waals surface area contributed by atoms with Gasteiger partial charge in [-0.2, -0.15) is 0 Å². The molecule has 6 rings (SSSR count). The van der Waals surface area contributed by atoms with Crippen LogP contribution in [0.3, 0.4) is 0 Å². The smallest absolute Gasteiger partial charge is 0.323 e. The standard InChI is InChI=1S/C43H51N3O6/c1-29-38(27-46-24-10-15-37(46)40(48)52-43(2,3)4)50-41(51-39(29)33-18-16-31(28-47)17-19-33)34-22-20-32(21-23-34)36-14-9-8-13-35(36)26-45-42(49)44-25-30-11-6-5-7-12-30/h5-9,11-14,16-23,29,37-39,41,47H,10,15,24-28H2,1-4H3,(H2,44,45,49)/t29-,37+,38+,39+,41+/m1/s1. The van der Waals surface area contributed by atoms with Gasteiger partial charge >= 0.3 is 12.0 Å². The average molecular weight is 706 g/mol. The first-order valence-corrected chi connectivity index (χ1v) is 18.3. The van der Waals surface area contributed by atoms with Crippen LogP contribution < -0.4 is 10.6 Å². The van der Waals surface area contributed by atoms with Crippen LogP contribution in [0.15, 0.2) is 103 Å². The molecule has 9 nitrogen and oxygen atoms in total. The van der Waals surface area contributed by atoms with Crippen molar-refractivity contribution in [3.63, 3.8) is 0 Å². The van der Waals surface area contributed by atoms with Crippen molar-refractivity contribution in [2.45, 2.75) is 90.4 Å². The van der Waals surface area contributed by atoms with Crippen molar-refractivity contribution in [3.05, 3.63) is 131 Å². The second kappa shape index (κ2) is 16.9. The van der Waals surface area contributed by atoms with Gasteiger partial charge in [-0.25, -0.2) is 4.79 Å². The van der Waals surface area contributed by atoms with Crippen molar-refractivity contribution in [3.8, 4) is 11.1 Å². The van der Waals surface area contributed by atoms with Gasteiger partial charge in [-0.15, -0.1) is 0 Å². The summed E-state index contributed by atoms with van der Waals surface area (Å²) >= 11 is 0. The molecule has 2 heterocycles. The molecular formula is C43H51N3O6. The number of hydrogen-bond donors (Lipinski definition) is 3. The first-order valence-electron chi connectivity index (χ1n) is 18.3. The van der Waals surface area contributed by atoms with Crippen LogP contribution in [0.25, 0.3) is 11.1 Å². The van der Waals surface area contributed by atoms with Crippen LogP contribution in [-0.4, -0.2) is 52.8 Å². The number of hydrogen-bond acceptors (Lipinski definition) is 7. The fourth-order valence-electron chi connectivity index (χ4n) is 7.03. The maximum atomic E-state index is 13.2. The number of urea groups is 1. The SMILES string of the molecule is C[C@@H]1[C@H](CN2CCC[C@H]2C(=O)OC(C)(C)C)O[C@H](c2ccc(-c3ccccc3CNC(=O)NCc3ccccc3)cc2)O[C@@H]1c1ccc(CO)cc1. The molecule has 0 bridgehead atoms. The molecule has 4 aromatic carbocycles. The zero-order valence-corrected chi connectivity index (χ0v) is 30.6. The summed E-state index contributed by atoms with van der Waals surface area (Å²) in [5.74, 6) is -0.198. The monoisotopic (exact) mass is 705 g/mol. The lowest BCUT2D eigenvalue weighted by atomic mass is 9.89. The predicted octanol–water partition coefficient (Wildman–Crippen LogP) is 7.44. The number of likely N-dealkylation sites (tertiary alicyclic amines) is 1. The summed E-state index contributed by atoms with van der Waals surface area (Å²) in [6.45, 7) is 10.0. The van der Waals surface area contributed by atoms with E-state index >= 15 is 0 Å². The Morgan fingerprint density at radius 2 is 1.50 bits per heavy atom. The van der Waals surface area contributed by atoms with E-state index in [-0.39, 0.29) is 42.8 Å². The van der Waals surface area contributed by atoms with E-state index in [0.717, 1.165) is 58.3 Å². The Morgan fingerprint density at radius 3 is 2.21 bits per heavy atom. The summed E-state index contributed by atoms with van der Waals surface area (Å²) in [6, 6.07) is 33.4. The van der Waals surface area contributed by atoms with Crippen LogP contribution in [0.2, 0.25) is 0 Å². The van der Waals surface area contributed by atoms with Gasteiger partial charge in [0.15, 0.2) is 6.29 Å². The topological polar surface area (TPSA) is 109 Å². The van der Waals surface area contributed by atoms with E-state index in [9.17, 15) is 14.7 Å². The third-order valence-corrected chi connectivity index (χ3v) is 9.83. The van der Waals surface area contributed by atoms with E-state index in [0.29, 0.717) is 19.6 Å². The minimum atomic E-state index is -0.634. The lowest BCUT2D eigenvalue weighted by Gasteiger charge is -2.43. The fourth-order valence-corrected chi connectivity index (χ4v) is 7.03. The number of nitrogens with zero attached hydrogens (tertiary/aromatic N) is 1. The number of rotatable bonds is 11. The minimum absolute atomic E-state index is 0.0142. The maximum Gasteiger partial charge on any atom is 0.323 e. The molecule has 0 spiro atoms. The summed E-state index contributed by atoms with van der Waals surface area (Å²) in [6.07, 6.45) is 0.570. The van der Waals surface area contributed by atoms with Gasteiger partial charge in [0, 0.05) is 31.1 Å². The van der Waals surface area contributed by atoms with E-state index in [1.165, 1.54) is 0 Å². The number of nitrogens with one attached hydrogen (secondary N) is 2. The second-order valence-electron chi connectivity index (χ2n) is 14.8. The first kappa shape index (κ1) is 37.2. The molecule has 2 aliphatic rings. The van der Waals surface area contributed by atoms with Gasteiger partial charge in [-0.3, -0.25) is 9.69 Å². The summed E-state index contributed by atoms with van der Waals surface area (Å²) in [5, 5.41) is 15.6. The molecule has 9 heteroatoms. The van der Waals surface area contributed by atoms with E-state index in [1.807, 2.05) is 106 Å². The molecule has 2 saturated heterocycles. The lowest BCUT2D eigenvalue weighted by Crippen LogP contribution is -2.48. The van der Waals surface area contributed by atoms with Gasteiger partial charge < -0.3 is 30.0 Å². The zero-order valence-electron chi connectivity index (χ0n) is 30.6. The lowest BCUT2D eigenvalue weighted by molar-refractivity contribution is -0.276. The second-order valence-corrected chi connectivity index (χ2v) is 14.8. The molecule has 5 atom stereocenters. The number of amides is 2. The summed E-state index contributed by atoms with van der Waals surface area (Å²) in [4.78, 5) is 28.0. The highest BCUT2D eigenvalue weighted by atomic mass is 16.7. The molecule has 0 radical (unpaired) electrons. The Balaban J connectivity index is 1.18. The normalized spacial score (nSPS) is 22.1. The highest BCUT2D eigenvalue weighted by molar-refractivity contribution is 5.76. The molecule has 2 amide bonds. The maximum absolute atomic E-state index is 13.2. The summed E-state index contributed by atoms with van der Waals surface area (Å²) in [5.41, 5.74) is 6.27. The van der Waals surface area contributed by atoms with Crippen LogP contribution in [0.1, 0.15) is 80.7 Å². The van der Waals surface area contributed by atoms with Crippen molar-refractivity contribution in [1.82, 2.24) is 15.5 Å². The highest BCUT2D eigenvalue weighted by Crippen LogP contribution is 2.43. The highest BCUT2D eigenvalue weighted by Gasteiger charge is 2.42. The Bertz CT molecular complexity index is 1770. The van der Waals surface area contributed by atoms with Crippen molar-refractivity contribution in [1.29, 1.82) is 0 Å². The number of benzene rings is 4.